The molecule has 0 radical (unpaired) electrons. The van der Waals surface area contributed by atoms with Gasteiger partial charge in [0.2, 0.25) is 5.95 Å². The fourth-order valence-corrected chi connectivity index (χ4v) is 2.55. The second-order valence-corrected chi connectivity index (χ2v) is 5.79. The molecule has 0 saturated carbocycles. The summed E-state index contributed by atoms with van der Waals surface area (Å²) in [6.07, 6.45) is -5.18. The molecule has 5 nitrogen and oxygen atoms in total. The summed E-state index contributed by atoms with van der Waals surface area (Å²) in [6, 6.07) is 11.1. The SMILES string of the molecule is CCNC(=O)c1ccc2nc(Nc3ccc(CC(F)(F)F)cc3)[nH]c2c1. The van der Waals surface area contributed by atoms with Crippen LogP contribution in [0.5, 0.6) is 0 Å². The molecule has 0 bridgehead atoms. The number of hydrogen-bond donors (Lipinski definition) is 3. The van der Waals surface area contributed by atoms with Crippen LogP contribution in [0.3, 0.4) is 0 Å². The highest BCUT2D eigenvalue weighted by molar-refractivity contribution is 5.97. The summed E-state index contributed by atoms with van der Waals surface area (Å²) in [5.41, 5.74) is 2.68. The Morgan fingerprint density at radius 2 is 1.88 bits per heavy atom. The van der Waals surface area contributed by atoms with E-state index in [4.69, 9.17) is 0 Å². The molecule has 0 aliphatic rings. The lowest BCUT2D eigenvalue weighted by atomic mass is 10.1. The molecular weight excluding hydrogens is 345 g/mol. The molecule has 0 aliphatic carbocycles. The number of H-pyrrole nitrogens is 1. The predicted octanol–water partition coefficient (Wildman–Crippen LogP) is 4.16. The van der Waals surface area contributed by atoms with Gasteiger partial charge < -0.3 is 15.6 Å². The minimum Gasteiger partial charge on any atom is -0.352 e. The van der Waals surface area contributed by atoms with E-state index < -0.39 is 12.6 Å². The van der Waals surface area contributed by atoms with Crippen LogP contribution in [0.2, 0.25) is 0 Å². The smallest absolute Gasteiger partial charge is 0.352 e. The molecular formula is C18H17F3N4O. The van der Waals surface area contributed by atoms with Crippen LogP contribution < -0.4 is 10.6 Å². The zero-order valence-electron chi connectivity index (χ0n) is 13.9. The number of nitrogens with one attached hydrogen (secondary N) is 3. The third kappa shape index (κ3) is 4.33. The number of nitrogens with zero attached hydrogens (tertiary/aromatic N) is 1. The van der Waals surface area contributed by atoms with Crippen molar-refractivity contribution in [1.82, 2.24) is 15.3 Å². The molecule has 1 aromatic heterocycles. The van der Waals surface area contributed by atoms with Gasteiger partial charge in [0.25, 0.3) is 5.91 Å². The van der Waals surface area contributed by atoms with Crippen molar-refractivity contribution >= 4 is 28.6 Å². The van der Waals surface area contributed by atoms with Crippen molar-refractivity contribution in [2.75, 3.05) is 11.9 Å². The molecule has 0 aliphatic heterocycles. The Hall–Kier alpha value is -3.03. The topological polar surface area (TPSA) is 69.8 Å². The van der Waals surface area contributed by atoms with Gasteiger partial charge in [0.15, 0.2) is 0 Å². The molecule has 3 aromatic rings. The Balaban J connectivity index is 1.75. The Morgan fingerprint density at radius 1 is 1.15 bits per heavy atom. The predicted molar refractivity (Wildman–Crippen MR) is 93.6 cm³/mol. The van der Waals surface area contributed by atoms with Crippen LogP contribution in [0.1, 0.15) is 22.8 Å². The number of hydrogen-bond acceptors (Lipinski definition) is 3. The first-order valence-corrected chi connectivity index (χ1v) is 8.05. The molecule has 3 N–H and O–H groups in total. The molecule has 0 atom stereocenters. The number of aromatic amines is 1. The molecule has 1 amide bonds. The zero-order valence-corrected chi connectivity index (χ0v) is 13.9. The molecule has 1 heterocycles. The molecule has 2 aromatic carbocycles. The summed E-state index contributed by atoms with van der Waals surface area (Å²) < 4.78 is 37.2. The van der Waals surface area contributed by atoms with Crippen LogP contribution in [0.25, 0.3) is 11.0 Å². The van der Waals surface area contributed by atoms with Gasteiger partial charge in [-0.3, -0.25) is 4.79 Å². The minimum atomic E-state index is -4.23. The molecule has 0 unspecified atom stereocenters. The molecule has 26 heavy (non-hydrogen) atoms. The van der Waals surface area contributed by atoms with E-state index in [1.54, 1.807) is 30.3 Å². The third-order valence-corrected chi connectivity index (χ3v) is 3.70. The lowest BCUT2D eigenvalue weighted by Gasteiger charge is -2.07. The van der Waals surface area contributed by atoms with Crippen LogP contribution in [-0.4, -0.2) is 28.6 Å². The Morgan fingerprint density at radius 3 is 2.54 bits per heavy atom. The number of alkyl halides is 3. The lowest BCUT2D eigenvalue weighted by Crippen LogP contribution is -2.22. The van der Waals surface area contributed by atoms with Crippen LogP contribution in [0, 0.1) is 0 Å². The van der Waals surface area contributed by atoms with Crippen molar-refractivity contribution in [3.05, 3.63) is 53.6 Å². The van der Waals surface area contributed by atoms with E-state index in [9.17, 15) is 18.0 Å². The van der Waals surface area contributed by atoms with Crippen molar-refractivity contribution in [3.8, 4) is 0 Å². The molecule has 136 valence electrons. The first kappa shape index (κ1) is 17.8. The maximum Gasteiger partial charge on any atom is 0.393 e. The average Bonchev–Trinajstić information content (AvgIpc) is 2.97. The largest absolute Gasteiger partial charge is 0.393 e. The van der Waals surface area contributed by atoms with Crippen LogP contribution in [0.15, 0.2) is 42.5 Å². The highest BCUT2D eigenvalue weighted by Gasteiger charge is 2.27. The van der Waals surface area contributed by atoms with Gasteiger partial charge in [-0.15, -0.1) is 0 Å². The van der Waals surface area contributed by atoms with E-state index in [1.165, 1.54) is 12.1 Å². The maximum atomic E-state index is 12.4. The second-order valence-electron chi connectivity index (χ2n) is 5.79. The number of carbonyl (C=O) groups is 1. The van der Waals surface area contributed by atoms with Crippen molar-refractivity contribution in [3.63, 3.8) is 0 Å². The number of fused-ring (bicyclic) bond motifs is 1. The first-order valence-electron chi connectivity index (χ1n) is 8.05. The molecule has 0 fully saturated rings. The summed E-state index contributed by atoms with van der Waals surface area (Å²) in [5.74, 6) is 0.274. The molecule has 0 spiro atoms. The lowest BCUT2D eigenvalue weighted by molar-refractivity contribution is -0.127. The number of amides is 1. The van der Waals surface area contributed by atoms with Crippen molar-refractivity contribution in [2.45, 2.75) is 19.5 Å². The summed E-state index contributed by atoms with van der Waals surface area (Å²) in [7, 11) is 0. The van der Waals surface area contributed by atoms with Gasteiger partial charge in [-0.05, 0) is 42.8 Å². The van der Waals surface area contributed by atoms with E-state index in [-0.39, 0.29) is 11.5 Å². The van der Waals surface area contributed by atoms with Gasteiger partial charge in [0.05, 0.1) is 17.5 Å². The highest BCUT2D eigenvalue weighted by atomic mass is 19.4. The maximum absolute atomic E-state index is 12.4. The van der Waals surface area contributed by atoms with Gasteiger partial charge >= 0.3 is 6.18 Å². The molecule has 0 saturated heterocycles. The molecule has 3 rings (SSSR count). The van der Waals surface area contributed by atoms with E-state index >= 15 is 0 Å². The number of imidazole rings is 1. The van der Waals surface area contributed by atoms with Crippen LogP contribution in [0.4, 0.5) is 24.8 Å². The minimum absolute atomic E-state index is 0.168. The normalized spacial score (nSPS) is 11.5. The molecule has 8 heteroatoms. The van der Waals surface area contributed by atoms with Gasteiger partial charge in [0.1, 0.15) is 0 Å². The quantitative estimate of drug-likeness (QED) is 0.638. The van der Waals surface area contributed by atoms with Gasteiger partial charge in [-0.2, -0.15) is 13.2 Å². The number of rotatable bonds is 5. The van der Waals surface area contributed by atoms with Crippen LogP contribution >= 0.6 is 0 Å². The zero-order chi connectivity index (χ0) is 18.7. The fraction of sp³-hybridized carbons (Fsp3) is 0.222. The summed E-state index contributed by atoms with van der Waals surface area (Å²) in [6.45, 7) is 2.38. The van der Waals surface area contributed by atoms with Crippen molar-refractivity contribution in [1.29, 1.82) is 0 Å². The van der Waals surface area contributed by atoms with Gasteiger partial charge in [0, 0.05) is 17.8 Å². The first-order chi connectivity index (χ1) is 12.3. The van der Waals surface area contributed by atoms with E-state index in [2.05, 4.69) is 20.6 Å². The number of carbonyl (C=O) groups excluding carboxylic acids is 1. The Labute approximate surface area is 147 Å². The summed E-state index contributed by atoms with van der Waals surface area (Å²) >= 11 is 0. The average molecular weight is 362 g/mol. The highest BCUT2D eigenvalue weighted by Crippen LogP contribution is 2.24. The summed E-state index contributed by atoms with van der Waals surface area (Å²) in [5, 5.41) is 5.73. The van der Waals surface area contributed by atoms with Crippen molar-refractivity contribution < 1.29 is 18.0 Å². The fourth-order valence-electron chi connectivity index (χ4n) is 2.55. The van der Waals surface area contributed by atoms with Crippen molar-refractivity contribution in [2.24, 2.45) is 0 Å². The standard InChI is InChI=1S/C18H17F3N4O/c1-2-22-16(26)12-5-8-14-15(9-12)25-17(24-14)23-13-6-3-11(4-7-13)10-18(19,20)21/h3-9H,2,10H2,1H3,(H,22,26)(H2,23,24,25). The van der Waals surface area contributed by atoms with Gasteiger partial charge in [-0.1, -0.05) is 12.1 Å². The Kier molecular flexibility index (Phi) is 4.83. The Bertz CT molecular complexity index is 916. The van der Waals surface area contributed by atoms with E-state index in [0.29, 0.717) is 34.8 Å². The number of halogens is 3. The monoisotopic (exact) mass is 362 g/mol. The number of aromatic nitrogens is 2. The van der Waals surface area contributed by atoms with E-state index in [1.807, 2.05) is 6.92 Å². The number of anilines is 2. The third-order valence-electron chi connectivity index (χ3n) is 3.70. The van der Waals surface area contributed by atoms with E-state index in [0.717, 1.165) is 0 Å². The number of benzene rings is 2. The second kappa shape index (κ2) is 7.07. The van der Waals surface area contributed by atoms with Crippen LogP contribution in [-0.2, 0) is 6.42 Å². The summed E-state index contributed by atoms with van der Waals surface area (Å²) in [4.78, 5) is 19.3. The van der Waals surface area contributed by atoms with Gasteiger partial charge in [-0.25, -0.2) is 4.98 Å².